The third-order valence-corrected chi connectivity index (χ3v) is 2.08. The van der Waals surface area contributed by atoms with E-state index < -0.39 is 0 Å². The summed E-state index contributed by atoms with van der Waals surface area (Å²) in [6.45, 7) is 2.10. The molecule has 0 aromatic rings. The molecule has 1 unspecified atom stereocenters. The van der Waals surface area contributed by atoms with E-state index in [0.717, 1.165) is 19.3 Å². The van der Waals surface area contributed by atoms with E-state index in [1.165, 1.54) is 0 Å². The predicted molar refractivity (Wildman–Crippen MR) is 47.5 cm³/mol. The van der Waals surface area contributed by atoms with Gasteiger partial charge in [-0.15, -0.1) is 0 Å². The van der Waals surface area contributed by atoms with E-state index in [4.69, 9.17) is 5.11 Å². The highest BCUT2D eigenvalue weighted by atomic mass is 32.1. The molecule has 0 aliphatic carbocycles. The standard InChI is InChI=1S/C6H12OS2/c1-2-3-4-5(8)6(7)9/h5,8H,2-4H2,1H3,(H,7,9). The molecule has 0 spiro atoms. The molecule has 0 radical (unpaired) electrons. The Morgan fingerprint density at radius 3 is 2.67 bits per heavy atom. The SMILES string of the molecule is CCCCC(S)C(O)=S. The van der Waals surface area contributed by atoms with Crippen molar-refractivity contribution in [3.63, 3.8) is 0 Å². The Balaban J connectivity index is 3.27. The Morgan fingerprint density at radius 2 is 2.33 bits per heavy atom. The molecule has 54 valence electrons. The third-order valence-electron chi connectivity index (χ3n) is 1.12. The van der Waals surface area contributed by atoms with Crippen LogP contribution >= 0.6 is 24.8 Å². The maximum absolute atomic E-state index is 8.70. The lowest BCUT2D eigenvalue weighted by atomic mass is 10.2. The van der Waals surface area contributed by atoms with Crippen molar-refractivity contribution >= 4 is 29.9 Å². The quantitative estimate of drug-likeness (QED) is 0.491. The summed E-state index contributed by atoms with van der Waals surface area (Å²) < 4.78 is 0. The van der Waals surface area contributed by atoms with Gasteiger partial charge in [0.1, 0.15) is 0 Å². The van der Waals surface area contributed by atoms with Crippen LogP contribution in [0.1, 0.15) is 26.2 Å². The zero-order valence-corrected chi connectivity index (χ0v) is 7.21. The molecule has 0 saturated carbocycles. The number of thiol groups is 1. The maximum Gasteiger partial charge on any atom is 0.169 e. The molecule has 0 aliphatic heterocycles. The van der Waals surface area contributed by atoms with Crippen molar-refractivity contribution in [1.29, 1.82) is 0 Å². The topological polar surface area (TPSA) is 20.2 Å². The molecular formula is C6H12OS2. The van der Waals surface area contributed by atoms with E-state index in [2.05, 4.69) is 31.8 Å². The van der Waals surface area contributed by atoms with Gasteiger partial charge in [-0.2, -0.15) is 12.6 Å². The highest BCUT2D eigenvalue weighted by Crippen LogP contribution is 2.07. The van der Waals surface area contributed by atoms with Crippen molar-refractivity contribution < 1.29 is 5.11 Å². The molecule has 1 N–H and O–H groups in total. The van der Waals surface area contributed by atoms with Crippen molar-refractivity contribution in [2.75, 3.05) is 0 Å². The molecule has 0 bridgehead atoms. The lowest BCUT2D eigenvalue weighted by Crippen LogP contribution is -2.10. The van der Waals surface area contributed by atoms with E-state index in [1.54, 1.807) is 0 Å². The first-order valence-electron chi connectivity index (χ1n) is 3.09. The Labute approximate surface area is 66.9 Å². The van der Waals surface area contributed by atoms with Crippen LogP contribution in [-0.2, 0) is 0 Å². The smallest absolute Gasteiger partial charge is 0.169 e. The molecular weight excluding hydrogens is 152 g/mol. The van der Waals surface area contributed by atoms with Crippen LogP contribution in [0.5, 0.6) is 0 Å². The average Bonchev–Trinajstić information content (AvgIpc) is 1.82. The Kier molecular flexibility index (Phi) is 5.19. The van der Waals surface area contributed by atoms with Crippen LogP contribution in [0.25, 0.3) is 0 Å². The van der Waals surface area contributed by atoms with E-state index >= 15 is 0 Å². The number of unbranched alkanes of at least 4 members (excludes halogenated alkanes) is 1. The second-order valence-corrected chi connectivity index (χ2v) is 3.04. The van der Waals surface area contributed by atoms with Crippen molar-refractivity contribution in [3.05, 3.63) is 0 Å². The first kappa shape index (κ1) is 9.24. The summed E-state index contributed by atoms with van der Waals surface area (Å²) in [4.78, 5) is 0. The van der Waals surface area contributed by atoms with Crippen LogP contribution in [0, 0.1) is 0 Å². The van der Waals surface area contributed by atoms with E-state index in [-0.39, 0.29) is 10.3 Å². The Morgan fingerprint density at radius 1 is 1.78 bits per heavy atom. The van der Waals surface area contributed by atoms with Crippen LogP contribution in [0.3, 0.4) is 0 Å². The predicted octanol–water partition coefficient (Wildman–Crippen LogP) is 2.36. The van der Waals surface area contributed by atoms with Crippen molar-refractivity contribution in [2.24, 2.45) is 0 Å². The average molecular weight is 164 g/mol. The first-order chi connectivity index (χ1) is 4.18. The normalized spacial score (nSPS) is 13.1. The highest BCUT2D eigenvalue weighted by molar-refractivity contribution is 7.86. The number of thiocarbonyl (C=S) groups is 1. The zero-order chi connectivity index (χ0) is 7.28. The summed E-state index contributed by atoms with van der Waals surface area (Å²) in [5, 5.41) is 8.63. The molecule has 0 aromatic carbocycles. The lowest BCUT2D eigenvalue weighted by Gasteiger charge is -2.04. The summed E-state index contributed by atoms with van der Waals surface area (Å²) in [7, 11) is 0. The largest absolute Gasteiger partial charge is 0.501 e. The van der Waals surface area contributed by atoms with Crippen LogP contribution in [0.15, 0.2) is 0 Å². The zero-order valence-electron chi connectivity index (χ0n) is 5.50. The van der Waals surface area contributed by atoms with Gasteiger partial charge in [-0.3, -0.25) is 0 Å². The van der Waals surface area contributed by atoms with E-state index in [1.807, 2.05) is 0 Å². The molecule has 0 saturated heterocycles. The fourth-order valence-electron chi connectivity index (χ4n) is 0.521. The molecule has 0 fully saturated rings. The van der Waals surface area contributed by atoms with Gasteiger partial charge in [0.25, 0.3) is 0 Å². The molecule has 9 heavy (non-hydrogen) atoms. The summed E-state index contributed by atoms with van der Waals surface area (Å²) in [5.74, 6) is 0. The highest BCUT2D eigenvalue weighted by Gasteiger charge is 2.05. The minimum atomic E-state index is -0.0973. The fraction of sp³-hybridized carbons (Fsp3) is 0.833. The van der Waals surface area contributed by atoms with Gasteiger partial charge >= 0.3 is 0 Å². The maximum atomic E-state index is 8.70. The Hall–Kier alpha value is 0.240. The number of hydrogen-bond acceptors (Lipinski definition) is 2. The minimum absolute atomic E-state index is 0.0202. The van der Waals surface area contributed by atoms with Gasteiger partial charge in [0, 0.05) is 0 Å². The number of aliphatic hydroxyl groups is 1. The van der Waals surface area contributed by atoms with Gasteiger partial charge < -0.3 is 5.11 Å². The monoisotopic (exact) mass is 164 g/mol. The van der Waals surface area contributed by atoms with Gasteiger partial charge in [-0.1, -0.05) is 19.8 Å². The number of aliphatic hydroxyl groups excluding tert-OH is 1. The summed E-state index contributed by atoms with van der Waals surface area (Å²) in [6.07, 6.45) is 3.09. The molecule has 1 nitrogen and oxygen atoms in total. The van der Waals surface area contributed by atoms with Crippen LogP contribution in [-0.4, -0.2) is 15.4 Å². The fourth-order valence-corrected chi connectivity index (χ4v) is 0.821. The minimum Gasteiger partial charge on any atom is -0.501 e. The molecule has 1 atom stereocenters. The van der Waals surface area contributed by atoms with Gasteiger partial charge in [0.2, 0.25) is 0 Å². The van der Waals surface area contributed by atoms with Gasteiger partial charge in [0.15, 0.2) is 5.05 Å². The van der Waals surface area contributed by atoms with E-state index in [0.29, 0.717) is 0 Å². The third kappa shape index (κ3) is 4.73. The molecule has 0 amide bonds. The second-order valence-electron chi connectivity index (χ2n) is 2.00. The van der Waals surface area contributed by atoms with Crippen LogP contribution in [0.4, 0.5) is 0 Å². The number of rotatable bonds is 4. The van der Waals surface area contributed by atoms with Crippen LogP contribution in [0.2, 0.25) is 0 Å². The van der Waals surface area contributed by atoms with Gasteiger partial charge in [-0.05, 0) is 18.6 Å². The summed E-state index contributed by atoms with van der Waals surface area (Å²) >= 11 is 8.58. The molecule has 3 heteroatoms. The summed E-state index contributed by atoms with van der Waals surface area (Å²) in [5.41, 5.74) is 0. The van der Waals surface area contributed by atoms with Crippen molar-refractivity contribution in [2.45, 2.75) is 31.4 Å². The first-order valence-corrected chi connectivity index (χ1v) is 4.01. The van der Waals surface area contributed by atoms with E-state index in [9.17, 15) is 0 Å². The van der Waals surface area contributed by atoms with Crippen LogP contribution < -0.4 is 0 Å². The van der Waals surface area contributed by atoms with Gasteiger partial charge in [-0.25, -0.2) is 0 Å². The Bertz CT molecular complexity index is 93.1. The molecule has 0 aromatic heterocycles. The van der Waals surface area contributed by atoms with Gasteiger partial charge in [0.05, 0.1) is 5.25 Å². The number of hydrogen-bond donors (Lipinski definition) is 2. The van der Waals surface area contributed by atoms with Crippen molar-refractivity contribution in [1.82, 2.24) is 0 Å². The molecule has 0 heterocycles. The second kappa shape index (κ2) is 5.06. The molecule has 0 rings (SSSR count). The summed E-state index contributed by atoms with van der Waals surface area (Å²) in [6, 6.07) is 0. The van der Waals surface area contributed by atoms with Crippen molar-refractivity contribution in [3.8, 4) is 0 Å². The lowest BCUT2D eigenvalue weighted by molar-refractivity contribution is 0.543. The molecule has 0 aliphatic rings.